The average molecular weight is 411 g/mol. The van der Waals surface area contributed by atoms with Crippen molar-refractivity contribution in [3.63, 3.8) is 0 Å². The molecule has 1 N–H and O–H groups in total. The molecule has 2 saturated heterocycles. The molecular weight excluding hydrogens is 385 g/mol. The first kappa shape index (κ1) is 20.5. The minimum atomic E-state index is -0.592. The van der Waals surface area contributed by atoms with Crippen LogP contribution >= 0.6 is 0 Å². The second-order valence-electron chi connectivity index (χ2n) is 8.09. The van der Waals surface area contributed by atoms with Crippen LogP contribution < -0.4 is 5.32 Å². The van der Waals surface area contributed by atoms with Gasteiger partial charge in [-0.05, 0) is 55.9 Å². The van der Waals surface area contributed by atoms with Crippen LogP contribution in [0.1, 0.15) is 46.5 Å². The number of rotatable bonds is 4. The maximum atomic E-state index is 13.9. The molecule has 0 bridgehead atoms. The fraction of sp³-hybridized carbons (Fsp3) is 0.435. The Hall–Kier alpha value is -2.80. The van der Waals surface area contributed by atoms with Gasteiger partial charge in [0.15, 0.2) is 11.5 Å². The summed E-state index contributed by atoms with van der Waals surface area (Å²) < 4.78 is 20.0. The maximum absolute atomic E-state index is 13.9. The van der Waals surface area contributed by atoms with Crippen molar-refractivity contribution in [2.24, 2.45) is 5.92 Å². The van der Waals surface area contributed by atoms with E-state index >= 15 is 0 Å². The van der Waals surface area contributed by atoms with Crippen LogP contribution in [0, 0.1) is 11.7 Å². The zero-order valence-electron chi connectivity index (χ0n) is 16.9. The largest absolute Gasteiger partial charge is 0.375 e. The van der Waals surface area contributed by atoms with E-state index in [1.54, 1.807) is 17.0 Å². The molecule has 6 nitrogen and oxygen atoms in total. The fourth-order valence-electron chi connectivity index (χ4n) is 4.39. The number of hydrogen-bond donors (Lipinski definition) is 1. The lowest BCUT2D eigenvalue weighted by Crippen LogP contribution is -2.52. The topological polar surface area (TPSA) is 71.5 Å². The second-order valence-corrected chi connectivity index (χ2v) is 8.09. The van der Waals surface area contributed by atoms with Crippen molar-refractivity contribution >= 4 is 11.8 Å². The molecule has 7 heteroatoms. The molecule has 0 radical (unpaired) electrons. The molecule has 1 aromatic carbocycles. The number of halogens is 1. The normalized spacial score (nSPS) is 20.7. The molecule has 0 saturated carbocycles. The number of carbonyl (C=O) groups is 2. The Morgan fingerprint density at radius 3 is 2.67 bits per heavy atom. The number of nitrogens with zero attached hydrogens (tertiary/aromatic N) is 2. The van der Waals surface area contributed by atoms with E-state index in [0.29, 0.717) is 50.6 Å². The first-order valence-electron chi connectivity index (χ1n) is 10.4. The molecule has 2 aromatic rings. The van der Waals surface area contributed by atoms with E-state index in [0.717, 1.165) is 12.8 Å². The van der Waals surface area contributed by atoms with Gasteiger partial charge >= 0.3 is 0 Å². The van der Waals surface area contributed by atoms with Crippen LogP contribution in [0.4, 0.5) is 4.39 Å². The quantitative estimate of drug-likeness (QED) is 0.840. The Bertz CT molecular complexity index is 898. The summed E-state index contributed by atoms with van der Waals surface area (Å²) in [5.74, 6) is -0.688. The van der Waals surface area contributed by atoms with Crippen LogP contribution in [0.3, 0.4) is 0 Å². The van der Waals surface area contributed by atoms with E-state index in [2.05, 4.69) is 10.3 Å². The highest BCUT2D eigenvalue weighted by Gasteiger charge is 2.41. The number of hydrogen-bond acceptors (Lipinski definition) is 4. The summed E-state index contributed by atoms with van der Waals surface area (Å²) in [4.78, 5) is 30.5. The Kier molecular flexibility index (Phi) is 6.08. The third-order valence-corrected chi connectivity index (χ3v) is 6.11. The van der Waals surface area contributed by atoms with Crippen molar-refractivity contribution in [1.82, 2.24) is 15.2 Å². The van der Waals surface area contributed by atoms with Gasteiger partial charge in [-0.2, -0.15) is 0 Å². The average Bonchev–Trinajstić information content (AvgIpc) is 2.79. The van der Waals surface area contributed by atoms with Gasteiger partial charge in [-0.3, -0.25) is 9.59 Å². The van der Waals surface area contributed by atoms with Gasteiger partial charge in [0.2, 0.25) is 0 Å². The van der Waals surface area contributed by atoms with Crippen LogP contribution in [0.25, 0.3) is 0 Å². The molecule has 30 heavy (non-hydrogen) atoms. The molecule has 4 rings (SSSR count). The van der Waals surface area contributed by atoms with Crippen LogP contribution in [0.2, 0.25) is 0 Å². The monoisotopic (exact) mass is 411 g/mol. The first-order valence-corrected chi connectivity index (χ1v) is 10.4. The van der Waals surface area contributed by atoms with Gasteiger partial charge in [0.25, 0.3) is 11.8 Å². The summed E-state index contributed by atoms with van der Waals surface area (Å²) in [5, 5.41) is 3.04. The Labute approximate surface area is 175 Å². The molecular formula is C23H26FN3O3. The Morgan fingerprint density at radius 2 is 1.93 bits per heavy atom. The highest BCUT2D eigenvalue weighted by Crippen LogP contribution is 2.37. The number of piperidine rings is 1. The SMILES string of the molecule is O=C(NCC1CCOC2(CCN(C(=O)c3ncccc3F)CC2)C1)c1ccccc1. The number of aromatic nitrogens is 1. The lowest BCUT2D eigenvalue weighted by molar-refractivity contribution is -0.122. The van der Waals surface area contributed by atoms with Crippen molar-refractivity contribution in [3.05, 3.63) is 65.7 Å². The van der Waals surface area contributed by atoms with Crippen LogP contribution in [-0.4, -0.2) is 53.5 Å². The standard InChI is InChI=1S/C23H26FN3O3/c24-19-7-4-11-25-20(19)22(29)27-12-9-23(10-13-27)15-17(8-14-30-23)16-26-21(28)18-5-2-1-3-6-18/h1-7,11,17H,8-10,12-16H2,(H,26,28). The van der Waals surface area contributed by atoms with Gasteiger partial charge in [0.05, 0.1) is 5.60 Å². The molecule has 1 atom stereocenters. The number of amides is 2. The summed E-state index contributed by atoms with van der Waals surface area (Å²) in [7, 11) is 0. The molecule has 2 amide bonds. The molecule has 158 valence electrons. The van der Waals surface area contributed by atoms with Crippen LogP contribution in [0.15, 0.2) is 48.7 Å². The van der Waals surface area contributed by atoms with Crippen LogP contribution in [0.5, 0.6) is 0 Å². The second kappa shape index (κ2) is 8.92. The van der Waals surface area contributed by atoms with Crippen molar-refractivity contribution in [3.8, 4) is 0 Å². The molecule has 1 spiro atoms. The smallest absolute Gasteiger partial charge is 0.275 e. The summed E-state index contributed by atoms with van der Waals surface area (Å²) >= 11 is 0. The summed E-state index contributed by atoms with van der Waals surface area (Å²) in [6.45, 7) is 2.28. The predicted molar refractivity (Wildman–Crippen MR) is 110 cm³/mol. The summed E-state index contributed by atoms with van der Waals surface area (Å²) in [6.07, 6.45) is 4.59. The minimum Gasteiger partial charge on any atom is -0.375 e. The van der Waals surface area contributed by atoms with E-state index in [1.165, 1.54) is 18.3 Å². The van der Waals surface area contributed by atoms with Crippen molar-refractivity contribution in [2.45, 2.75) is 31.3 Å². The Balaban J connectivity index is 1.31. The molecule has 2 fully saturated rings. The minimum absolute atomic E-state index is 0.0612. The lowest BCUT2D eigenvalue weighted by atomic mass is 9.79. The third kappa shape index (κ3) is 4.51. The molecule has 1 aromatic heterocycles. The number of nitrogens with one attached hydrogen (secondary N) is 1. The molecule has 1 unspecified atom stereocenters. The van der Waals surface area contributed by atoms with Gasteiger partial charge in [0, 0.05) is 38.0 Å². The molecule has 2 aliphatic rings. The third-order valence-electron chi connectivity index (χ3n) is 6.11. The summed E-state index contributed by atoms with van der Waals surface area (Å²) in [6, 6.07) is 11.9. The summed E-state index contributed by atoms with van der Waals surface area (Å²) in [5.41, 5.74) is 0.257. The van der Waals surface area contributed by atoms with E-state index in [4.69, 9.17) is 4.74 Å². The number of carbonyl (C=O) groups excluding carboxylic acids is 2. The zero-order chi connectivity index (χ0) is 21.0. The highest BCUT2D eigenvalue weighted by atomic mass is 19.1. The van der Waals surface area contributed by atoms with Crippen molar-refractivity contribution in [1.29, 1.82) is 0 Å². The van der Waals surface area contributed by atoms with Gasteiger partial charge in [-0.1, -0.05) is 18.2 Å². The van der Waals surface area contributed by atoms with Gasteiger partial charge in [0.1, 0.15) is 0 Å². The number of benzene rings is 1. The number of ether oxygens (including phenoxy) is 1. The van der Waals surface area contributed by atoms with Gasteiger partial charge < -0.3 is 15.0 Å². The first-order chi connectivity index (χ1) is 14.6. The predicted octanol–water partition coefficient (Wildman–Crippen LogP) is 3.05. The molecule has 3 heterocycles. The van der Waals surface area contributed by atoms with E-state index in [-0.39, 0.29) is 23.1 Å². The fourth-order valence-corrected chi connectivity index (χ4v) is 4.39. The van der Waals surface area contributed by atoms with Gasteiger partial charge in [-0.15, -0.1) is 0 Å². The van der Waals surface area contributed by atoms with Gasteiger partial charge in [-0.25, -0.2) is 9.37 Å². The zero-order valence-corrected chi connectivity index (χ0v) is 16.9. The maximum Gasteiger partial charge on any atom is 0.275 e. The van der Waals surface area contributed by atoms with E-state index < -0.39 is 5.82 Å². The highest BCUT2D eigenvalue weighted by molar-refractivity contribution is 5.94. The molecule has 2 aliphatic heterocycles. The van der Waals surface area contributed by atoms with Crippen LogP contribution in [-0.2, 0) is 4.74 Å². The van der Waals surface area contributed by atoms with Crippen molar-refractivity contribution < 1.29 is 18.7 Å². The lowest BCUT2D eigenvalue weighted by Gasteiger charge is -2.46. The molecule has 0 aliphatic carbocycles. The number of pyridine rings is 1. The van der Waals surface area contributed by atoms with E-state index in [1.807, 2.05) is 18.2 Å². The Morgan fingerprint density at radius 1 is 1.17 bits per heavy atom. The van der Waals surface area contributed by atoms with E-state index in [9.17, 15) is 14.0 Å². The van der Waals surface area contributed by atoms with Crippen molar-refractivity contribution in [2.75, 3.05) is 26.2 Å². The number of likely N-dealkylation sites (tertiary alicyclic amines) is 1.